The third kappa shape index (κ3) is 5.74. The molecule has 0 aliphatic carbocycles. The Morgan fingerprint density at radius 3 is 2.29 bits per heavy atom. The molecule has 0 heterocycles. The topological polar surface area (TPSA) is 0 Å². The van der Waals surface area contributed by atoms with Crippen molar-refractivity contribution in [3.05, 3.63) is 19.1 Å². The number of hydrogen-bond donors (Lipinski definition) is 0. The highest BCUT2D eigenvalue weighted by molar-refractivity contribution is 4.83. The van der Waals surface area contributed by atoms with E-state index in [0.29, 0.717) is 0 Å². The molecule has 0 aromatic rings. The van der Waals surface area contributed by atoms with E-state index in [1.807, 2.05) is 6.08 Å². The van der Waals surface area contributed by atoms with Crippen LogP contribution in [0, 0.1) is 12.8 Å². The van der Waals surface area contributed by atoms with Gasteiger partial charge in [-0.05, 0) is 19.3 Å². The average molecular weight is 97.2 g/mol. The summed E-state index contributed by atoms with van der Waals surface area (Å²) in [6, 6.07) is 0. The lowest BCUT2D eigenvalue weighted by atomic mass is 10.1. The number of hydrogen-bond acceptors (Lipinski definition) is 0. The summed E-state index contributed by atoms with van der Waals surface area (Å²) in [6.07, 6.45) is 5.09. The van der Waals surface area contributed by atoms with E-state index >= 15 is 0 Å². The normalized spacial score (nSPS) is 11.4. The summed E-state index contributed by atoms with van der Waals surface area (Å²) in [5.41, 5.74) is 0. The molecule has 0 nitrogen and oxygen atoms in total. The SMILES string of the molecule is [CH2]/C=C\CC(C)C. The molecule has 0 atom stereocenters. The Hall–Kier alpha value is -0.260. The summed E-state index contributed by atoms with van der Waals surface area (Å²) >= 11 is 0. The summed E-state index contributed by atoms with van der Waals surface area (Å²) in [4.78, 5) is 0. The molecule has 0 heteroatoms. The van der Waals surface area contributed by atoms with Gasteiger partial charge in [0.25, 0.3) is 0 Å². The highest BCUT2D eigenvalue weighted by atomic mass is 13.9. The lowest BCUT2D eigenvalue weighted by Gasteiger charge is -1.93. The standard InChI is InChI=1S/C7H13/c1-4-5-6-7(2)3/h4-5,7H,1,6H2,2-3H3/b5-4-. The number of rotatable bonds is 2. The minimum Gasteiger partial charge on any atom is -0.0883 e. The summed E-state index contributed by atoms with van der Waals surface area (Å²) in [7, 11) is 0. The molecular weight excluding hydrogens is 84.1 g/mol. The van der Waals surface area contributed by atoms with Crippen molar-refractivity contribution in [2.45, 2.75) is 20.3 Å². The molecule has 0 amide bonds. The quantitative estimate of drug-likeness (QED) is 0.496. The Morgan fingerprint density at radius 1 is 1.57 bits per heavy atom. The monoisotopic (exact) mass is 97.1 g/mol. The molecule has 0 bridgehead atoms. The summed E-state index contributed by atoms with van der Waals surface area (Å²) < 4.78 is 0. The second kappa shape index (κ2) is 3.91. The van der Waals surface area contributed by atoms with Gasteiger partial charge in [0.1, 0.15) is 0 Å². The van der Waals surface area contributed by atoms with Crippen molar-refractivity contribution in [1.82, 2.24) is 0 Å². The van der Waals surface area contributed by atoms with E-state index in [0.717, 1.165) is 12.3 Å². The van der Waals surface area contributed by atoms with Crippen molar-refractivity contribution in [3.8, 4) is 0 Å². The van der Waals surface area contributed by atoms with Crippen LogP contribution in [-0.2, 0) is 0 Å². The van der Waals surface area contributed by atoms with Crippen molar-refractivity contribution in [1.29, 1.82) is 0 Å². The Kier molecular flexibility index (Phi) is 3.77. The maximum Gasteiger partial charge on any atom is -0.0316 e. The van der Waals surface area contributed by atoms with Gasteiger partial charge in [-0.3, -0.25) is 0 Å². The first-order valence-electron chi connectivity index (χ1n) is 2.71. The molecule has 0 aliphatic rings. The molecule has 41 valence electrons. The Bertz CT molecular complexity index is 51.1. The van der Waals surface area contributed by atoms with Crippen molar-refractivity contribution >= 4 is 0 Å². The second-order valence-corrected chi connectivity index (χ2v) is 2.10. The van der Waals surface area contributed by atoms with Crippen LogP contribution in [0.4, 0.5) is 0 Å². The van der Waals surface area contributed by atoms with E-state index in [9.17, 15) is 0 Å². The Morgan fingerprint density at radius 2 is 2.14 bits per heavy atom. The molecule has 7 heavy (non-hydrogen) atoms. The van der Waals surface area contributed by atoms with Gasteiger partial charge in [-0.1, -0.05) is 26.0 Å². The molecule has 0 saturated carbocycles. The number of allylic oxidation sites excluding steroid dienone is 2. The van der Waals surface area contributed by atoms with Crippen LogP contribution < -0.4 is 0 Å². The summed E-state index contributed by atoms with van der Waals surface area (Å²) in [5, 5.41) is 0. The predicted molar refractivity (Wildman–Crippen MR) is 34.0 cm³/mol. The molecule has 0 rings (SSSR count). The molecule has 0 N–H and O–H groups in total. The van der Waals surface area contributed by atoms with Gasteiger partial charge in [0, 0.05) is 0 Å². The minimum atomic E-state index is 0.776. The van der Waals surface area contributed by atoms with E-state index in [4.69, 9.17) is 0 Å². The maximum atomic E-state index is 3.58. The second-order valence-electron chi connectivity index (χ2n) is 2.10. The fourth-order valence-electron chi connectivity index (χ4n) is 0.368. The average Bonchev–Trinajstić information content (AvgIpc) is 1.61. The molecule has 0 fully saturated rings. The van der Waals surface area contributed by atoms with Gasteiger partial charge in [-0.2, -0.15) is 0 Å². The van der Waals surface area contributed by atoms with Gasteiger partial charge < -0.3 is 0 Å². The van der Waals surface area contributed by atoms with Crippen LogP contribution in [0.5, 0.6) is 0 Å². The first-order valence-corrected chi connectivity index (χ1v) is 2.71. The van der Waals surface area contributed by atoms with Crippen molar-refractivity contribution < 1.29 is 0 Å². The van der Waals surface area contributed by atoms with Crippen LogP contribution in [0.3, 0.4) is 0 Å². The highest BCUT2D eigenvalue weighted by Gasteiger charge is 1.83. The van der Waals surface area contributed by atoms with Crippen molar-refractivity contribution in [3.63, 3.8) is 0 Å². The van der Waals surface area contributed by atoms with E-state index in [1.165, 1.54) is 0 Å². The predicted octanol–water partition coefficient (Wildman–Crippen LogP) is 2.42. The van der Waals surface area contributed by atoms with Gasteiger partial charge >= 0.3 is 0 Å². The molecule has 0 aliphatic heterocycles. The van der Waals surface area contributed by atoms with Crippen LogP contribution in [0.15, 0.2) is 12.2 Å². The van der Waals surface area contributed by atoms with E-state index in [1.54, 1.807) is 0 Å². The lowest BCUT2D eigenvalue weighted by Crippen LogP contribution is -1.79. The highest BCUT2D eigenvalue weighted by Crippen LogP contribution is 1.98. The summed E-state index contributed by atoms with van der Waals surface area (Å²) in [5.74, 6) is 0.776. The van der Waals surface area contributed by atoms with Crippen molar-refractivity contribution in [2.75, 3.05) is 0 Å². The molecule has 0 unspecified atom stereocenters. The molecule has 1 radical (unpaired) electrons. The fraction of sp³-hybridized carbons (Fsp3) is 0.571. The van der Waals surface area contributed by atoms with Crippen molar-refractivity contribution in [2.24, 2.45) is 5.92 Å². The smallest absolute Gasteiger partial charge is 0.0316 e. The van der Waals surface area contributed by atoms with E-state index in [2.05, 4.69) is 26.8 Å². The first kappa shape index (κ1) is 6.74. The van der Waals surface area contributed by atoms with Crippen LogP contribution in [0.2, 0.25) is 0 Å². The Balaban J connectivity index is 2.97. The first-order chi connectivity index (χ1) is 3.27. The van der Waals surface area contributed by atoms with Crippen LogP contribution in [-0.4, -0.2) is 0 Å². The zero-order chi connectivity index (χ0) is 5.70. The third-order valence-electron chi connectivity index (χ3n) is 0.774. The Labute approximate surface area is 46.2 Å². The van der Waals surface area contributed by atoms with Gasteiger partial charge in [0.05, 0.1) is 0 Å². The zero-order valence-electron chi connectivity index (χ0n) is 5.15. The minimum absolute atomic E-state index is 0.776. The van der Waals surface area contributed by atoms with E-state index in [-0.39, 0.29) is 0 Å². The van der Waals surface area contributed by atoms with Gasteiger partial charge in [-0.15, -0.1) is 0 Å². The zero-order valence-corrected chi connectivity index (χ0v) is 5.15. The fourth-order valence-corrected chi connectivity index (χ4v) is 0.368. The summed E-state index contributed by atoms with van der Waals surface area (Å²) in [6.45, 7) is 7.97. The third-order valence-corrected chi connectivity index (χ3v) is 0.774. The van der Waals surface area contributed by atoms with E-state index < -0.39 is 0 Å². The molecular formula is C7H13. The van der Waals surface area contributed by atoms with Gasteiger partial charge in [0.15, 0.2) is 0 Å². The molecule has 0 aromatic heterocycles. The van der Waals surface area contributed by atoms with Crippen LogP contribution in [0.1, 0.15) is 20.3 Å². The lowest BCUT2D eigenvalue weighted by molar-refractivity contribution is 0.664. The molecule has 0 spiro atoms. The van der Waals surface area contributed by atoms with Gasteiger partial charge in [-0.25, -0.2) is 0 Å². The maximum absolute atomic E-state index is 3.58. The van der Waals surface area contributed by atoms with Gasteiger partial charge in [0.2, 0.25) is 0 Å². The molecule has 0 saturated heterocycles. The van der Waals surface area contributed by atoms with Crippen LogP contribution in [0.25, 0.3) is 0 Å². The molecule has 0 aromatic carbocycles. The largest absolute Gasteiger partial charge is 0.0883 e. The van der Waals surface area contributed by atoms with Crippen LogP contribution >= 0.6 is 0 Å².